The molecule has 3 fully saturated rings. The Morgan fingerprint density at radius 3 is 1.39 bits per heavy atom. The fourth-order valence-electron chi connectivity index (χ4n) is 11.8. The predicted octanol–water partition coefficient (Wildman–Crippen LogP) is 7.50. The number of carbonyl (C=O) groups is 6. The van der Waals surface area contributed by atoms with Crippen molar-refractivity contribution in [2.45, 2.75) is 178 Å². The third-order valence-electron chi connectivity index (χ3n) is 16.3. The minimum absolute atomic E-state index is 0.0361. The summed E-state index contributed by atoms with van der Waals surface area (Å²) < 4.78 is 104. The average Bonchev–Trinajstić information content (AvgIpc) is 0.763. The zero-order valence-corrected chi connectivity index (χ0v) is 55.5. The van der Waals surface area contributed by atoms with E-state index in [9.17, 15) is 33.9 Å². The van der Waals surface area contributed by atoms with E-state index >= 15 is 0 Å². The van der Waals surface area contributed by atoms with Gasteiger partial charge < -0.3 is 86.2 Å². The van der Waals surface area contributed by atoms with Crippen LogP contribution in [0.1, 0.15) is 74.4 Å². The lowest BCUT2D eigenvalue weighted by Gasteiger charge is -2.50. The highest BCUT2D eigenvalue weighted by Crippen LogP contribution is 2.40. The maximum absolute atomic E-state index is 14.8. The van der Waals surface area contributed by atoms with Crippen molar-refractivity contribution in [1.29, 1.82) is 0 Å². The highest BCUT2D eigenvalue weighted by molar-refractivity contribution is 5.79. The van der Waals surface area contributed by atoms with Crippen molar-refractivity contribution in [3.8, 4) is 0 Å². The van der Waals surface area contributed by atoms with Crippen LogP contribution in [0.5, 0.6) is 0 Å². The SMILES string of the molecule is COC(=O)[C@@]1(OC[C@H]2O[C@@H](O[C@H]3[C@H](OCc4ccccc4)[C@@H](OCc4ccccc4)[C@H](OCc4ccccc4)O[C@@H]3COCc3ccccc3)[C@H](OCc3ccccc3)[C@@H](OCc3ccccc3)[C@H]2O)C[C@H](OC(C)=O)[C@@H](NC(C)=O)[C@H]([C@H](OC(C)=O)[C@@H](COC(C)=O)OC(C)=O)O1. The van der Waals surface area contributed by atoms with E-state index in [1.165, 1.54) is 0 Å². The molecule has 0 saturated carbocycles. The molecular weight excluding hydrogens is 1270 g/mol. The molecule has 24 nitrogen and oxygen atoms in total. The first kappa shape index (κ1) is 73.9. The molecule has 6 aromatic rings. The lowest BCUT2D eigenvalue weighted by atomic mass is 9.87. The van der Waals surface area contributed by atoms with Crippen LogP contribution in [0.15, 0.2) is 182 Å². The number of rotatable bonds is 33. The van der Waals surface area contributed by atoms with E-state index in [-0.39, 0.29) is 46.2 Å². The number of carbonyl (C=O) groups excluding carboxylic acids is 6. The third kappa shape index (κ3) is 21.3. The van der Waals surface area contributed by atoms with E-state index in [1.54, 1.807) is 0 Å². The largest absolute Gasteiger partial charge is 0.465 e. The predicted molar refractivity (Wildman–Crippen MR) is 347 cm³/mol. The summed E-state index contributed by atoms with van der Waals surface area (Å²) >= 11 is 0. The Kier molecular flexibility index (Phi) is 27.9. The highest BCUT2D eigenvalue weighted by Gasteiger charge is 2.61. The first-order valence-electron chi connectivity index (χ1n) is 32.3. The van der Waals surface area contributed by atoms with Gasteiger partial charge in [-0.2, -0.15) is 0 Å². The Morgan fingerprint density at radius 1 is 0.500 bits per heavy atom. The van der Waals surface area contributed by atoms with Crippen LogP contribution in [-0.2, 0) is 144 Å². The molecule has 6 aromatic carbocycles. The molecule has 16 atom stereocenters. The molecule has 0 radical (unpaired) electrons. The van der Waals surface area contributed by atoms with E-state index in [4.69, 9.17) is 75.8 Å². The van der Waals surface area contributed by atoms with Crippen molar-refractivity contribution in [3.05, 3.63) is 215 Å². The van der Waals surface area contributed by atoms with Gasteiger partial charge in [0.1, 0.15) is 67.6 Å². The fourth-order valence-corrected chi connectivity index (χ4v) is 11.8. The van der Waals surface area contributed by atoms with Crippen LogP contribution in [0.2, 0.25) is 0 Å². The van der Waals surface area contributed by atoms with Crippen LogP contribution in [0.4, 0.5) is 0 Å². The summed E-state index contributed by atoms with van der Waals surface area (Å²) in [6.07, 6.45) is -21.0. The Hall–Kier alpha value is -8.34. The maximum Gasteiger partial charge on any atom is 0.366 e. The van der Waals surface area contributed by atoms with Gasteiger partial charge in [0.25, 0.3) is 5.79 Å². The smallest absolute Gasteiger partial charge is 0.366 e. The summed E-state index contributed by atoms with van der Waals surface area (Å²) in [6.45, 7) is 3.91. The van der Waals surface area contributed by atoms with Gasteiger partial charge in [0.2, 0.25) is 5.91 Å². The number of hydrogen-bond acceptors (Lipinski definition) is 23. The number of aliphatic hydroxyl groups excluding tert-OH is 1. The number of ether oxygens (including phenoxy) is 16. The lowest BCUT2D eigenvalue weighted by molar-refractivity contribution is -0.381. The van der Waals surface area contributed by atoms with Crippen LogP contribution in [0, 0.1) is 0 Å². The Bertz CT molecular complexity index is 3430. The molecule has 1 amide bonds. The monoisotopic (exact) mass is 1360 g/mol. The molecule has 0 aromatic heterocycles. The van der Waals surface area contributed by atoms with Gasteiger partial charge in [0, 0.05) is 34.6 Å². The lowest BCUT2D eigenvalue weighted by Crippen LogP contribution is -2.70. The fraction of sp³-hybridized carbons (Fsp3) is 0.432. The molecule has 98 heavy (non-hydrogen) atoms. The molecular formula is C74H85NO23. The standard InChI is InChI=1S/C74H85NO23/c1-47(76)75-62-58(92-49(3)78)37-74(73(82)83-6,98-66(62)64(94-51(5)80)61(93-50(4)79)45-85-48(2)77)91-46-59-63(81)67(86-39-53-27-15-8-16-28-53)69(88-41-55-31-19-10-20-32-55)72(95-59)97-65-60(44-84-38-52-25-13-7-14-26-52)96-71(90-43-57-35-23-12-24-36-57)70(89-42-56-33-21-11-22-34-56)68(65)87-40-54-29-17-9-18-30-54/h7-36,58-72,81H,37-46H2,1-6H3,(H,75,76)/t58-,59+,60+,61+,62+,63-,64+,65+,66+,67-,68-,69+,70+,71+,72-,74+/m0/s1. The molecule has 9 rings (SSSR count). The molecule has 0 bridgehead atoms. The highest BCUT2D eigenvalue weighted by atomic mass is 16.8. The number of nitrogens with one attached hydrogen (secondary N) is 1. The van der Waals surface area contributed by atoms with Crippen molar-refractivity contribution < 1.29 is 110 Å². The summed E-state index contributed by atoms with van der Waals surface area (Å²) in [7, 11) is 1.02. The second-order valence-corrected chi connectivity index (χ2v) is 23.8. The molecule has 2 N–H and O–H groups in total. The molecule has 3 aliphatic rings. The van der Waals surface area contributed by atoms with Crippen LogP contribution >= 0.6 is 0 Å². The minimum atomic E-state index is -2.75. The van der Waals surface area contributed by atoms with Gasteiger partial charge in [0.05, 0.1) is 72.4 Å². The van der Waals surface area contributed by atoms with Crippen molar-refractivity contribution >= 4 is 35.8 Å². The summed E-state index contributed by atoms with van der Waals surface area (Å²) in [5.74, 6) is -8.36. The second-order valence-electron chi connectivity index (χ2n) is 23.8. The normalized spacial score (nSPS) is 25.9. The molecule has 3 aliphatic heterocycles. The Labute approximate surface area is 569 Å². The van der Waals surface area contributed by atoms with Crippen LogP contribution in [-0.4, -0.2) is 165 Å². The second kappa shape index (κ2) is 37.0. The van der Waals surface area contributed by atoms with E-state index in [2.05, 4.69) is 5.32 Å². The minimum Gasteiger partial charge on any atom is -0.465 e. The molecule has 0 spiro atoms. The van der Waals surface area contributed by atoms with Crippen molar-refractivity contribution in [2.75, 3.05) is 26.9 Å². The van der Waals surface area contributed by atoms with Gasteiger partial charge in [-0.05, 0) is 33.4 Å². The van der Waals surface area contributed by atoms with E-state index in [0.717, 1.165) is 69.5 Å². The molecule has 24 heteroatoms. The first-order valence-corrected chi connectivity index (χ1v) is 32.3. The zero-order chi connectivity index (χ0) is 69.4. The van der Waals surface area contributed by atoms with Crippen molar-refractivity contribution in [3.63, 3.8) is 0 Å². The maximum atomic E-state index is 14.8. The van der Waals surface area contributed by atoms with Crippen molar-refractivity contribution in [2.24, 2.45) is 0 Å². The third-order valence-corrected chi connectivity index (χ3v) is 16.3. The Morgan fingerprint density at radius 2 is 0.939 bits per heavy atom. The van der Waals surface area contributed by atoms with Crippen LogP contribution in [0.25, 0.3) is 0 Å². The number of benzene rings is 6. The van der Waals surface area contributed by atoms with Gasteiger partial charge in [0.15, 0.2) is 24.8 Å². The quantitative estimate of drug-likeness (QED) is 0.0298. The molecule has 3 saturated heterocycles. The van der Waals surface area contributed by atoms with E-state index in [1.807, 2.05) is 182 Å². The summed E-state index contributed by atoms with van der Waals surface area (Å²) in [5, 5.41) is 15.7. The van der Waals surface area contributed by atoms with E-state index in [0.29, 0.717) is 5.56 Å². The molecule has 0 aliphatic carbocycles. The number of amides is 1. The van der Waals surface area contributed by atoms with Gasteiger partial charge in [-0.15, -0.1) is 0 Å². The summed E-state index contributed by atoms with van der Waals surface area (Å²) in [5.41, 5.74) is 4.81. The number of aliphatic hydroxyl groups is 1. The van der Waals surface area contributed by atoms with Gasteiger partial charge in [-0.3, -0.25) is 24.0 Å². The number of esters is 5. The summed E-state index contributed by atoms with van der Waals surface area (Å²) in [4.78, 5) is 79.4. The topological polar surface area (TPSA) is 282 Å². The zero-order valence-electron chi connectivity index (χ0n) is 55.5. The van der Waals surface area contributed by atoms with Gasteiger partial charge >= 0.3 is 29.8 Å². The number of hydrogen-bond donors (Lipinski definition) is 2. The van der Waals surface area contributed by atoms with Crippen LogP contribution < -0.4 is 5.32 Å². The van der Waals surface area contributed by atoms with E-state index < -0.39 is 153 Å². The molecule has 524 valence electrons. The van der Waals surface area contributed by atoms with Gasteiger partial charge in [-0.1, -0.05) is 182 Å². The van der Waals surface area contributed by atoms with Crippen molar-refractivity contribution in [1.82, 2.24) is 5.32 Å². The Balaban J connectivity index is 1.17. The average molecular weight is 1360 g/mol. The van der Waals surface area contributed by atoms with Crippen LogP contribution in [0.3, 0.4) is 0 Å². The number of methoxy groups -OCH3 is 1. The molecule has 3 heterocycles. The summed E-state index contributed by atoms with van der Waals surface area (Å²) in [6, 6.07) is 55.2. The first-order chi connectivity index (χ1) is 47.4. The van der Waals surface area contributed by atoms with Gasteiger partial charge in [-0.25, -0.2) is 4.79 Å². The molecule has 0 unspecified atom stereocenters.